The molecule has 0 spiro atoms. The van der Waals surface area contributed by atoms with Crippen LogP contribution in [-0.4, -0.2) is 41.6 Å². The van der Waals surface area contributed by atoms with Gasteiger partial charge in [-0.25, -0.2) is 0 Å². The first kappa shape index (κ1) is 18.3. The Morgan fingerprint density at radius 3 is 2.56 bits per heavy atom. The highest BCUT2D eigenvalue weighted by Crippen LogP contribution is 2.20. The van der Waals surface area contributed by atoms with E-state index in [0.717, 1.165) is 0 Å². The van der Waals surface area contributed by atoms with Gasteiger partial charge in [0.15, 0.2) is 0 Å². The number of ether oxygens (including phenoxy) is 1. The van der Waals surface area contributed by atoms with Gasteiger partial charge in [0, 0.05) is 25.0 Å². The highest BCUT2D eigenvalue weighted by molar-refractivity contribution is 6.06. The van der Waals surface area contributed by atoms with Crippen molar-refractivity contribution in [3.63, 3.8) is 0 Å². The predicted molar refractivity (Wildman–Crippen MR) is 91.4 cm³/mol. The van der Waals surface area contributed by atoms with Crippen LogP contribution < -0.4 is 5.32 Å². The fraction of sp³-hybridized carbons (Fsp3) is 0.389. The van der Waals surface area contributed by atoms with Gasteiger partial charge in [-0.15, -0.1) is 0 Å². The van der Waals surface area contributed by atoms with E-state index in [9.17, 15) is 20.0 Å². The molecule has 0 saturated carbocycles. The monoisotopic (exact) mass is 343 g/mol. The van der Waals surface area contributed by atoms with E-state index in [-0.39, 0.29) is 23.2 Å². The number of likely N-dealkylation sites (tertiary alicyclic amines) is 1. The summed E-state index contributed by atoms with van der Waals surface area (Å²) in [5.41, 5.74) is 0.479. The zero-order chi connectivity index (χ0) is 18.2. The van der Waals surface area contributed by atoms with Gasteiger partial charge in [0.25, 0.3) is 5.91 Å². The number of nitrogens with one attached hydrogen (secondary N) is 1. The summed E-state index contributed by atoms with van der Waals surface area (Å²) in [6.45, 7) is 3.32. The molecule has 0 atom stereocenters. The number of phenolic OH excluding ortho intramolecular Hbond substituents is 1. The van der Waals surface area contributed by atoms with Crippen LogP contribution in [0.5, 0.6) is 5.75 Å². The minimum atomic E-state index is -0.513. The minimum absolute atomic E-state index is 0.0114. The number of rotatable bonds is 5. The molecule has 1 aromatic rings. The third-order valence-electron chi connectivity index (χ3n) is 3.95. The van der Waals surface area contributed by atoms with E-state index in [1.54, 1.807) is 19.1 Å². The topological polar surface area (TPSA) is 103 Å². The van der Waals surface area contributed by atoms with Gasteiger partial charge < -0.3 is 20.1 Å². The van der Waals surface area contributed by atoms with Gasteiger partial charge in [-0.05, 0) is 44.0 Å². The molecular formula is C18H21N3O4. The van der Waals surface area contributed by atoms with Crippen LogP contribution in [0, 0.1) is 17.2 Å². The lowest BCUT2D eigenvalue weighted by atomic mass is 9.97. The smallest absolute Gasteiger partial charge is 0.309 e. The second kappa shape index (κ2) is 8.73. The third-order valence-corrected chi connectivity index (χ3v) is 3.95. The van der Waals surface area contributed by atoms with Crippen molar-refractivity contribution in [3.05, 3.63) is 36.0 Å². The number of amides is 1. The molecule has 0 unspecified atom stereocenters. The molecule has 7 heteroatoms. The highest BCUT2D eigenvalue weighted by atomic mass is 16.5. The average molecular weight is 343 g/mol. The number of nitriles is 1. The van der Waals surface area contributed by atoms with Gasteiger partial charge in [-0.2, -0.15) is 5.26 Å². The van der Waals surface area contributed by atoms with Crippen LogP contribution in [0.1, 0.15) is 19.8 Å². The van der Waals surface area contributed by atoms with Gasteiger partial charge in [0.05, 0.1) is 12.5 Å². The third kappa shape index (κ3) is 5.24. The van der Waals surface area contributed by atoms with Crippen molar-refractivity contribution < 1.29 is 19.4 Å². The first-order valence-corrected chi connectivity index (χ1v) is 8.16. The van der Waals surface area contributed by atoms with E-state index < -0.39 is 5.91 Å². The highest BCUT2D eigenvalue weighted by Gasteiger charge is 2.25. The molecule has 0 bridgehead atoms. The molecule has 25 heavy (non-hydrogen) atoms. The number of hydrogen-bond donors (Lipinski definition) is 2. The van der Waals surface area contributed by atoms with E-state index in [1.807, 2.05) is 11.0 Å². The van der Waals surface area contributed by atoms with Crippen LogP contribution in [0.15, 0.2) is 36.0 Å². The number of piperidine rings is 1. The summed E-state index contributed by atoms with van der Waals surface area (Å²) in [5, 5.41) is 21.1. The van der Waals surface area contributed by atoms with Crippen molar-refractivity contribution in [1.82, 2.24) is 4.90 Å². The molecule has 1 heterocycles. The van der Waals surface area contributed by atoms with Gasteiger partial charge in [-0.1, -0.05) is 0 Å². The molecule has 1 aromatic carbocycles. The number of aromatic hydroxyl groups is 1. The minimum Gasteiger partial charge on any atom is -0.508 e. The van der Waals surface area contributed by atoms with Gasteiger partial charge in [0.2, 0.25) is 0 Å². The quantitative estimate of drug-likeness (QED) is 0.367. The molecule has 1 fully saturated rings. The van der Waals surface area contributed by atoms with Crippen molar-refractivity contribution in [2.45, 2.75) is 19.8 Å². The Morgan fingerprint density at radius 2 is 2.00 bits per heavy atom. The van der Waals surface area contributed by atoms with Crippen molar-refractivity contribution in [2.75, 3.05) is 25.0 Å². The summed E-state index contributed by atoms with van der Waals surface area (Å²) in [7, 11) is 0. The van der Waals surface area contributed by atoms with Crippen molar-refractivity contribution in [1.29, 1.82) is 5.26 Å². The normalized spacial score (nSPS) is 15.4. The van der Waals surface area contributed by atoms with Crippen molar-refractivity contribution >= 4 is 17.6 Å². The number of carbonyl (C=O) groups is 2. The molecule has 1 saturated heterocycles. The number of nitrogens with zero attached hydrogens (tertiary/aromatic N) is 2. The Labute approximate surface area is 146 Å². The molecular weight excluding hydrogens is 322 g/mol. The largest absolute Gasteiger partial charge is 0.508 e. The van der Waals surface area contributed by atoms with E-state index in [0.29, 0.717) is 38.2 Å². The standard InChI is InChI=1S/C18H21N3O4/c1-2-25-18(24)13-7-9-21(10-8-13)12-14(11-19)17(23)20-15-3-5-16(22)6-4-15/h3-6,12-13,22H,2,7-10H2,1H3,(H,20,23)/b14-12-. The molecule has 1 aliphatic heterocycles. The first-order chi connectivity index (χ1) is 12.0. The summed E-state index contributed by atoms with van der Waals surface area (Å²) in [5.74, 6) is -0.725. The number of hydrogen-bond acceptors (Lipinski definition) is 6. The maximum absolute atomic E-state index is 12.2. The molecule has 0 aliphatic carbocycles. The predicted octanol–water partition coefficient (Wildman–Crippen LogP) is 2.01. The molecule has 1 aliphatic rings. The Bertz CT molecular complexity index is 683. The van der Waals surface area contributed by atoms with Crippen LogP contribution in [-0.2, 0) is 14.3 Å². The second-order valence-corrected chi connectivity index (χ2v) is 5.72. The Kier molecular flexibility index (Phi) is 6.40. The lowest BCUT2D eigenvalue weighted by Gasteiger charge is -2.30. The summed E-state index contributed by atoms with van der Waals surface area (Å²) in [6, 6.07) is 7.90. The summed E-state index contributed by atoms with van der Waals surface area (Å²) in [4.78, 5) is 25.8. The van der Waals surface area contributed by atoms with E-state index in [4.69, 9.17) is 4.74 Å². The Morgan fingerprint density at radius 1 is 1.36 bits per heavy atom. The molecule has 132 valence electrons. The Balaban J connectivity index is 1.94. The maximum Gasteiger partial charge on any atom is 0.309 e. The lowest BCUT2D eigenvalue weighted by Crippen LogP contribution is -2.34. The number of phenols is 1. The molecule has 0 radical (unpaired) electrons. The van der Waals surface area contributed by atoms with E-state index in [1.165, 1.54) is 18.3 Å². The lowest BCUT2D eigenvalue weighted by molar-refractivity contribution is -0.149. The summed E-state index contributed by atoms with van der Waals surface area (Å²) in [6.07, 6.45) is 2.79. The second-order valence-electron chi connectivity index (χ2n) is 5.72. The van der Waals surface area contributed by atoms with E-state index in [2.05, 4.69) is 5.32 Å². The van der Waals surface area contributed by atoms with Crippen LogP contribution in [0.3, 0.4) is 0 Å². The number of benzene rings is 1. The maximum atomic E-state index is 12.2. The van der Waals surface area contributed by atoms with Gasteiger partial charge in [-0.3, -0.25) is 9.59 Å². The first-order valence-electron chi connectivity index (χ1n) is 8.16. The molecule has 2 N–H and O–H groups in total. The molecule has 0 aromatic heterocycles. The Hall–Kier alpha value is -3.01. The van der Waals surface area contributed by atoms with Crippen LogP contribution in [0.4, 0.5) is 5.69 Å². The zero-order valence-electron chi connectivity index (χ0n) is 14.1. The van der Waals surface area contributed by atoms with Crippen molar-refractivity contribution in [3.8, 4) is 11.8 Å². The fourth-order valence-corrected chi connectivity index (χ4v) is 2.59. The summed E-state index contributed by atoms with van der Waals surface area (Å²) < 4.78 is 5.02. The van der Waals surface area contributed by atoms with Gasteiger partial charge >= 0.3 is 5.97 Å². The van der Waals surface area contributed by atoms with Gasteiger partial charge in [0.1, 0.15) is 17.4 Å². The number of esters is 1. The zero-order valence-corrected chi connectivity index (χ0v) is 14.1. The molecule has 7 nitrogen and oxygen atoms in total. The number of carbonyl (C=O) groups excluding carboxylic acids is 2. The summed E-state index contributed by atoms with van der Waals surface area (Å²) >= 11 is 0. The molecule has 1 amide bonds. The SMILES string of the molecule is CCOC(=O)C1CCN(/C=C(/C#N)C(=O)Nc2ccc(O)cc2)CC1. The van der Waals surface area contributed by atoms with Crippen LogP contribution >= 0.6 is 0 Å². The molecule has 2 rings (SSSR count). The fourth-order valence-electron chi connectivity index (χ4n) is 2.59. The van der Waals surface area contributed by atoms with Crippen molar-refractivity contribution in [2.24, 2.45) is 5.92 Å². The van der Waals surface area contributed by atoms with Crippen LogP contribution in [0.2, 0.25) is 0 Å². The van der Waals surface area contributed by atoms with Crippen LogP contribution in [0.25, 0.3) is 0 Å². The van der Waals surface area contributed by atoms with E-state index >= 15 is 0 Å². The number of anilines is 1. The average Bonchev–Trinajstić information content (AvgIpc) is 2.62.